The van der Waals surface area contributed by atoms with Gasteiger partial charge in [0, 0.05) is 22.5 Å². The Balaban J connectivity index is 1.56. The van der Waals surface area contributed by atoms with Crippen LogP contribution in [0.4, 0.5) is 19.7 Å². The number of primary amides is 1. The van der Waals surface area contributed by atoms with Crippen molar-refractivity contribution in [3.63, 3.8) is 0 Å². The lowest BCUT2D eigenvalue weighted by Gasteiger charge is -2.20. The zero-order valence-electron chi connectivity index (χ0n) is 17.9. The van der Waals surface area contributed by atoms with Crippen molar-refractivity contribution in [3.05, 3.63) is 46.5 Å². The molecule has 1 atom stereocenters. The van der Waals surface area contributed by atoms with Crippen molar-refractivity contribution in [2.24, 2.45) is 5.73 Å². The number of benzene rings is 1. The van der Waals surface area contributed by atoms with Gasteiger partial charge in [-0.05, 0) is 45.0 Å². The van der Waals surface area contributed by atoms with Crippen LogP contribution in [0.1, 0.15) is 29.4 Å². The molecule has 2 aliphatic rings. The second-order valence-electron chi connectivity index (χ2n) is 7.88. The minimum absolute atomic E-state index is 0.180. The molecule has 1 saturated heterocycles. The van der Waals surface area contributed by atoms with Gasteiger partial charge < -0.3 is 26.1 Å². The standard InChI is InChI=1S/C21H20FN5O6/c1-9-15(7-13-12-6-11(22)4-5-14(12)25-17(13)28)24-10(2)16(9)33-20(31)26-21(3)8-32-27(18(21)29)19(23)30/h4-7,24H,8H2,1-3H3,(H2,23,30)(H,25,28)(H,26,31)/b13-7-/t21-/m1/s1. The lowest BCUT2D eigenvalue weighted by Crippen LogP contribution is -2.55. The second kappa shape index (κ2) is 7.74. The summed E-state index contributed by atoms with van der Waals surface area (Å²) in [5, 5.41) is 5.41. The molecule has 3 heterocycles. The Hall–Kier alpha value is -4.19. The molecule has 33 heavy (non-hydrogen) atoms. The lowest BCUT2D eigenvalue weighted by molar-refractivity contribution is -0.147. The number of carbonyl (C=O) groups excluding carboxylic acids is 4. The minimum atomic E-state index is -1.55. The van der Waals surface area contributed by atoms with Crippen LogP contribution < -0.4 is 21.1 Å². The van der Waals surface area contributed by atoms with Gasteiger partial charge in [0.15, 0.2) is 5.75 Å². The van der Waals surface area contributed by atoms with E-state index in [4.69, 9.17) is 15.3 Å². The number of fused-ring (bicyclic) bond motifs is 1. The number of aryl methyl sites for hydroxylation is 1. The molecule has 5 N–H and O–H groups in total. The molecule has 5 amide bonds. The number of rotatable bonds is 3. The van der Waals surface area contributed by atoms with Crippen LogP contribution in [0.2, 0.25) is 0 Å². The van der Waals surface area contributed by atoms with Crippen LogP contribution in [0, 0.1) is 19.7 Å². The number of halogens is 1. The third-order valence-electron chi connectivity index (χ3n) is 5.37. The monoisotopic (exact) mass is 457 g/mol. The maximum absolute atomic E-state index is 13.7. The molecule has 0 aliphatic carbocycles. The number of nitrogens with two attached hydrogens (primary N) is 1. The SMILES string of the molecule is Cc1[nH]c(/C=C2\C(=O)Nc3ccc(F)cc32)c(C)c1OC(=O)N[C@]1(C)CON(C(N)=O)C1=O. The fourth-order valence-corrected chi connectivity index (χ4v) is 3.64. The Morgan fingerprint density at radius 3 is 2.73 bits per heavy atom. The van der Waals surface area contributed by atoms with Gasteiger partial charge >= 0.3 is 12.1 Å². The Kier molecular flexibility index (Phi) is 5.17. The number of carbonyl (C=O) groups is 4. The van der Waals surface area contributed by atoms with Crippen molar-refractivity contribution < 1.29 is 33.1 Å². The number of nitrogens with zero attached hydrogens (tertiary/aromatic N) is 1. The quantitative estimate of drug-likeness (QED) is 0.516. The van der Waals surface area contributed by atoms with Crippen molar-refractivity contribution in [1.82, 2.24) is 15.4 Å². The number of hydroxylamine groups is 2. The number of aromatic amines is 1. The highest BCUT2D eigenvalue weighted by molar-refractivity contribution is 6.34. The predicted molar refractivity (Wildman–Crippen MR) is 113 cm³/mol. The van der Waals surface area contributed by atoms with Crippen LogP contribution in [0.5, 0.6) is 5.75 Å². The Bertz CT molecular complexity index is 1250. The summed E-state index contributed by atoms with van der Waals surface area (Å²) in [7, 11) is 0. The minimum Gasteiger partial charge on any atom is -0.408 e. The summed E-state index contributed by atoms with van der Waals surface area (Å²) in [5.41, 5.74) is 6.12. The summed E-state index contributed by atoms with van der Waals surface area (Å²) in [6, 6.07) is 2.88. The van der Waals surface area contributed by atoms with Gasteiger partial charge in [-0.1, -0.05) is 0 Å². The smallest absolute Gasteiger partial charge is 0.408 e. The summed E-state index contributed by atoms with van der Waals surface area (Å²) in [5.74, 6) is -1.53. The van der Waals surface area contributed by atoms with Gasteiger partial charge in [0.1, 0.15) is 18.0 Å². The summed E-state index contributed by atoms with van der Waals surface area (Å²) in [4.78, 5) is 56.3. The molecule has 172 valence electrons. The van der Waals surface area contributed by atoms with Crippen LogP contribution in [0.3, 0.4) is 0 Å². The number of urea groups is 1. The molecule has 0 spiro atoms. The van der Waals surface area contributed by atoms with Crippen LogP contribution in [-0.4, -0.2) is 46.1 Å². The third-order valence-corrected chi connectivity index (χ3v) is 5.37. The zero-order chi connectivity index (χ0) is 24.1. The maximum atomic E-state index is 13.7. The highest BCUT2D eigenvalue weighted by Crippen LogP contribution is 2.35. The summed E-state index contributed by atoms with van der Waals surface area (Å²) in [6.07, 6.45) is 0.574. The van der Waals surface area contributed by atoms with Crippen molar-refractivity contribution in [1.29, 1.82) is 0 Å². The molecular weight excluding hydrogens is 437 g/mol. The number of hydrogen-bond acceptors (Lipinski definition) is 6. The highest BCUT2D eigenvalue weighted by Gasteiger charge is 2.48. The third kappa shape index (κ3) is 3.80. The van der Waals surface area contributed by atoms with E-state index in [2.05, 4.69) is 15.6 Å². The summed E-state index contributed by atoms with van der Waals surface area (Å²) in [6.45, 7) is 4.37. The molecule has 0 radical (unpaired) electrons. The van der Waals surface area contributed by atoms with E-state index in [1.165, 1.54) is 31.2 Å². The van der Waals surface area contributed by atoms with Crippen molar-refractivity contribution >= 4 is 41.3 Å². The average molecular weight is 457 g/mol. The van der Waals surface area contributed by atoms with E-state index < -0.39 is 35.3 Å². The molecule has 11 nitrogen and oxygen atoms in total. The lowest BCUT2D eigenvalue weighted by atomic mass is 10.0. The molecule has 1 aromatic heterocycles. The van der Waals surface area contributed by atoms with E-state index >= 15 is 0 Å². The maximum Gasteiger partial charge on any atom is 0.413 e. The number of imide groups is 1. The predicted octanol–water partition coefficient (Wildman–Crippen LogP) is 1.96. The number of H-pyrrole nitrogens is 1. The largest absolute Gasteiger partial charge is 0.413 e. The van der Waals surface area contributed by atoms with E-state index in [1.54, 1.807) is 13.8 Å². The fraction of sp³-hybridized carbons (Fsp3) is 0.238. The number of anilines is 1. The van der Waals surface area contributed by atoms with Gasteiger partial charge in [-0.2, -0.15) is 0 Å². The molecule has 0 unspecified atom stereocenters. The molecule has 2 aromatic rings. The van der Waals surface area contributed by atoms with Crippen LogP contribution in [0.25, 0.3) is 11.6 Å². The Morgan fingerprint density at radius 1 is 1.33 bits per heavy atom. The molecular formula is C21H20FN5O6. The molecule has 1 aromatic carbocycles. The molecule has 2 aliphatic heterocycles. The Morgan fingerprint density at radius 2 is 2.06 bits per heavy atom. The van der Waals surface area contributed by atoms with E-state index in [0.29, 0.717) is 33.3 Å². The van der Waals surface area contributed by atoms with Crippen LogP contribution in [0.15, 0.2) is 18.2 Å². The van der Waals surface area contributed by atoms with Gasteiger partial charge in [0.2, 0.25) is 0 Å². The summed E-state index contributed by atoms with van der Waals surface area (Å²) >= 11 is 0. The topological polar surface area (TPSA) is 156 Å². The number of aromatic nitrogens is 1. The van der Waals surface area contributed by atoms with Crippen molar-refractivity contribution in [2.75, 3.05) is 11.9 Å². The first-order valence-corrected chi connectivity index (χ1v) is 9.79. The summed E-state index contributed by atoms with van der Waals surface area (Å²) < 4.78 is 19.1. The average Bonchev–Trinajstić information content (AvgIpc) is 3.30. The van der Waals surface area contributed by atoms with Crippen LogP contribution >= 0.6 is 0 Å². The van der Waals surface area contributed by atoms with E-state index in [1.807, 2.05) is 0 Å². The van der Waals surface area contributed by atoms with Crippen molar-refractivity contribution in [3.8, 4) is 5.75 Å². The first-order chi connectivity index (χ1) is 15.5. The second-order valence-corrected chi connectivity index (χ2v) is 7.88. The number of ether oxygens (including phenoxy) is 1. The first kappa shape index (κ1) is 22.0. The van der Waals surface area contributed by atoms with Crippen molar-refractivity contribution in [2.45, 2.75) is 26.3 Å². The van der Waals surface area contributed by atoms with E-state index in [9.17, 15) is 23.6 Å². The number of nitrogens with one attached hydrogen (secondary N) is 3. The highest BCUT2D eigenvalue weighted by atomic mass is 19.1. The molecule has 0 saturated carbocycles. The van der Waals surface area contributed by atoms with E-state index in [0.717, 1.165) is 0 Å². The van der Waals surface area contributed by atoms with Gasteiger partial charge in [0.25, 0.3) is 11.8 Å². The molecule has 1 fully saturated rings. The van der Waals surface area contributed by atoms with Crippen LogP contribution in [-0.2, 0) is 14.4 Å². The zero-order valence-corrected chi connectivity index (χ0v) is 17.9. The number of hydrogen-bond donors (Lipinski definition) is 4. The number of amides is 5. The normalized spacial score (nSPS) is 20.7. The fourth-order valence-electron chi connectivity index (χ4n) is 3.64. The van der Waals surface area contributed by atoms with E-state index in [-0.39, 0.29) is 17.9 Å². The van der Waals surface area contributed by atoms with Gasteiger partial charge in [-0.3, -0.25) is 14.4 Å². The van der Waals surface area contributed by atoms with Gasteiger partial charge in [-0.15, -0.1) is 5.06 Å². The van der Waals surface area contributed by atoms with Gasteiger partial charge in [0.05, 0.1) is 11.3 Å². The Labute approximate surface area is 186 Å². The molecule has 12 heteroatoms. The van der Waals surface area contributed by atoms with Gasteiger partial charge in [-0.25, -0.2) is 14.0 Å². The molecule has 4 rings (SSSR count). The molecule has 0 bridgehead atoms. The first-order valence-electron chi connectivity index (χ1n) is 9.79.